The quantitative estimate of drug-likeness (QED) is 0.661. The third kappa shape index (κ3) is 4.85. The zero-order valence-corrected chi connectivity index (χ0v) is 12.8. The van der Waals surface area contributed by atoms with Crippen LogP contribution in [-0.4, -0.2) is 17.4 Å². The summed E-state index contributed by atoms with van der Waals surface area (Å²) in [6, 6.07) is 6.63. The molecule has 0 aliphatic heterocycles. The standard InChI is InChI=1S/C16H12F3NO2S/c1-9(21)10-2-3-15(14(19)4-10)23-8-16(22)20-13-6-11(17)5-12(18)7-13/h2-7H,8H2,1H3,(H,20,22). The van der Waals surface area contributed by atoms with Crippen LogP contribution >= 0.6 is 11.8 Å². The van der Waals surface area contributed by atoms with Crippen LogP contribution in [0.2, 0.25) is 0 Å². The van der Waals surface area contributed by atoms with Gasteiger partial charge in [-0.3, -0.25) is 9.59 Å². The van der Waals surface area contributed by atoms with Crippen LogP contribution in [0, 0.1) is 17.5 Å². The van der Waals surface area contributed by atoms with Gasteiger partial charge in [-0.2, -0.15) is 0 Å². The van der Waals surface area contributed by atoms with E-state index in [2.05, 4.69) is 5.32 Å². The Morgan fingerprint density at radius 1 is 1.04 bits per heavy atom. The van der Waals surface area contributed by atoms with Crippen LogP contribution in [0.25, 0.3) is 0 Å². The lowest BCUT2D eigenvalue weighted by molar-refractivity contribution is -0.113. The first-order chi connectivity index (χ1) is 10.8. The van der Waals surface area contributed by atoms with E-state index >= 15 is 0 Å². The molecule has 0 aromatic heterocycles. The summed E-state index contributed by atoms with van der Waals surface area (Å²) in [7, 11) is 0. The summed E-state index contributed by atoms with van der Waals surface area (Å²) in [4.78, 5) is 23.1. The molecule has 1 amide bonds. The Hall–Kier alpha value is -2.28. The molecule has 0 aliphatic rings. The number of thioether (sulfide) groups is 1. The van der Waals surface area contributed by atoms with Gasteiger partial charge in [0.15, 0.2) is 5.78 Å². The third-order valence-corrected chi connectivity index (χ3v) is 3.89. The monoisotopic (exact) mass is 339 g/mol. The molecule has 2 aromatic rings. The summed E-state index contributed by atoms with van der Waals surface area (Å²) in [6.45, 7) is 1.33. The predicted molar refractivity (Wildman–Crippen MR) is 82.1 cm³/mol. The van der Waals surface area contributed by atoms with Gasteiger partial charge < -0.3 is 5.32 Å². The topological polar surface area (TPSA) is 46.2 Å². The first kappa shape index (κ1) is 17.1. The van der Waals surface area contributed by atoms with Crippen molar-refractivity contribution in [1.29, 1.82) is 0 Å². The minimum absolute atomic E-state index is 0.0134. The van der Waals surface area contributed by atoms with Crippen molar-refractivity contribution < 1.29 is 22.8 Å². The summed E-state index contributed by atoms with van der Waals surface area (Å²) in [5.74, 6) is -3.15. The van der Waals surface area contributed by atoms with Gasteiger partial charge in [0.1, 0.15) is 17.5 Å². The van der Waals surface area contributed by atoms with Gasteiger partial charge in [-0.05, 0) is 31.2 Å². The fourth-order valence-electron chi connectivity index (χ4n) is 1.80. The molecular formula is C16H12F3NO2S. The fraction of sp³-hybridized carbons (Fsp3) is 0.125. The van der Waals surface area contributed by atoms with Gasteiger partial charge >= 0.3 is 0 Å². The van der Waals surface area contributed by atoms with Crippen molar-refractivity contribution in [3.8, 4) is 0 Å². The lowest BCUT2D eigenvalue weighted by Gasteiger charge is -2.07. The van der Waals surface area contributed by atoms with Crippen molar-refractivity contribution in [3.63, 3.8) is 0 Å². The molecule has 0 bridgehead atoms. The first-order valence-electron chi connectivity index (χ1n) is 6.54. The average molecular weight is 339 g/mol. The van der Waals surface area contributed by atoms with E-state index in [4.69, 9.17) is 0 Å². The molecule has 0 spiro atoms. The number of amides is 1. The Morgan fingerprint density at radius 2 is 1.70 bits per heavy atom. The molecule has 0 unspecified atom stereocenters. The van der Waals surface area contributed by atoms with E-state index in [0.717, 1.165) is 30.0 Å². The predicted octanol–water partition coefficient (Wildman–Crippen LogP) is 4.04. The van der Waals surface area contributed by atoms with Gasteiger partial charge in [0.05, 0.1) is 5.75 Å². The minimum atomic E-state index is -0.807. The number of Topliss-reactive ketones (excluding diaryl/α,β-unsaturated/α-hetero) is 1. The Kier molecular flexibility index (Phi) is 5.44. The van der Waals surface area contributed by atoms with Crippen LogP contribution in [0.15, 0.2) is 41.3 Å². The van der Waals surface area contributed by atoms with Gasteiger partial charge in [0.25, 0.3) is 0 Å². The van der Waals surface area contributed by atoms with Crippen molar-refractivity contribution in [1.82, 2.24) is 0 Å². The molecule has 2 rings (SSSR count). The Morgan fingerprint density at radius 3 is 2.26 bits per heavy atom. The van der Waals surface area contributed by atoms with Gasteiger partial charge in [0, 0.05) is 22.2 Å². The van der Waals surface area contributed by atoms with Gasteiger partial charge in [0.2, 0.25) is 5.91 Å². The molecule has 0 saturated heterocycles. The van der Waals surface area contributed by atoms with Crippen molar-refractivity contribution in [2.45, 2.75) is 11.8 Å². The number of ketones is 1. The molecular weight excluding hydrogens is 327 g/mol. The van der Waals surface area contributed by atoms with Crippen molar-refractivity contribution in [2.75, 3.05) is 11.1 Å². The molecule has 0 saturated carbocycles. The number of halogens is 3. The van der Waals surface area contributed by atoms with E-state index in [9.17, 15) is 22.8 Å². The van der Waals surface area contributed by atoms with Crippen LogP contribution in [0.5, 0.6) is 0 Å². The molecule has 0 heterocycles. The van der Waals surface area contributed by atoms with E-state index in [-0.39, 0.29) is 27.7 Å². The molecule has 3 nitrogen and oxygen atoms in total. The summed E-state index contributed by atoms with van der Waals surface area (Å²) >= 11 is 0.917. The van der Waals surface area contributed by atoms with E-state index in [1.807, 2.05) is 0 Å². The summed E-state index contributed by atoms with van der Waals surface area (Å²) in [6.07, 6.45) is 0. The van der Waals surface area contributed by atoms with E-state index < -0.39 is 23.4 Å². The van der Waals surface area contributed by atoms with Crippen LogP contribution in [0.4, 0.5) is 18.9 Å². The van der Waals surface area contributed by atoms with Crippen molar-refractivity contribution in [2.24, 2.45) is 0 Å². The largest absolute Gasteiger partial charge is 0.325 e. The highest BCUT2D eigenvalue weighted by Gasteiger charge is 2.10. The fourth-order valence-corrected chi connectivity index (χ4v) is 2.52. The number of anilines is 1. The molecule has 0 atom stereocenters. The Bertz CT molecular complexity index is 745. The normalized spacial score (nSPS) is 10.4. The van der Waals surface area contributed by atoms with Gasteiger partial charge in [-0.15, -0.1) is 11.8 Å². The molecule has 0 radical (unpaired) electrons. The number of nitrogens with one attached hydrogen (secondary N) is 1. The van der Waals surface area contributed by atoms with Crippen LogP contribution in [-0.2, 0) is 4.79 Å². The Labute approximate surface area is 134 Å². The summed E-state index contributed by atoms with van der Waals surface area (Å²) in [5.41, 5.74) is 0.229. The van der Waals surface area contributed by atoms with Crippen LogP contribution in [0.3, 0.4) is 0 Å². The maximum absolute atomic E-state index is 13.8. The second kappa shape index (κ2) is 7.32. The zero-order chi connectivity index (χ0) is 17.0. The van der Waals surface area contributed by atoms with Gasteiger partial charge in [-0.1, -0.05) is 6.07 Å². The zero-order valence-electron chi connectivity index (χ0n) is 12.0. The number of carbonyl (C=O) groups is 2. The molecule has 2 aromatic carbocycles. The number of hydrogen-bond donors (Lipinski definition) is 1. The van der Waals surface area contributed by atoms with E-state index in [0.29, 0.717) is 6.07 Å². The highest BCUT2D eigenvalue weighted by atomic mass is 32.2. The SMILES string of the molecule is CC(=O)c1ccc(SCC(=O)Nc2cc(F)cc(F)c2)c(F)c1. The lowest BCUT2D eigenvalue weighted by atomic mass is 10.1. The average Bonchev–Trinajstić information content (AvgIpc) is 2.44. The third-order valence-electron chi connectivity index (χ3n) is 2.84. The van der Waals surface area contributed by atoms with Crippen molar-refractivity contribution >= 4 is 29.1 Å². The highest BCUT2D eigenvalue weighted by molar-refractivity contribution is 8.00. The van der Waals surface area contributed by atoms with Crippen molar-refractivity contribution in [3.05, 3.63) is 59.4 Å². The second-order valence-corrected chi connectivity index (χ2v) is 5.71. The molecule has 0 fully saturated rings. The number of hydrogen-bond acceptors (Lipinski definition) is 3. The second-order valence-electron chi connectivity index (χ2n) is 4.70. The van der Waals surface area contributed by atoms with Crippen LogP contribution < -0.4 is 5.32 Å². The molecule has 1 N–H and O–H groups in total. The Balaban J connectivity index is 1.98. The van der Waals surface area contributed by atoms with E-state index in [1.54, 1.807) is 0 Å². The van der Waals surface area contributed by atoms with Gasteiger partial charge in [-0.25, -0.2) is 13.2 Å². The number of rotatable bonds is 5. The maximum Gasteiger partial charge on any atom is 0.234 e. The summed E-state index contributed by atoms with van der Waals surface area (Å²) in [5, 5.41) is 2.33. The summed E-state index contributed by atoms with van der Waals surface area (Å²) < 4.78 is 39.8. The number of carbonyl (C=O) groups excluding carboxylic acids is 2. The lowest BCUT2D eigenvalue weighted by Crippen LogP contribution is -2.14. The maximum atomic E-state index is 13.8. The first-order valence-corrected chi connectivity index (χ1v) is 7.53. The highest BCUT2D eigenvalue weighted by Crippen LogP contribution is 2.23. The van der Waals surface area contributed by atoms with E-state index in [1.165, 1.54) is 19.1 Å². The molecule has 0 aliphatic carbocycles. The number of benzene rings is 2. The smallest absolute Gasteiger partial charge is 0.234 e. The molecule has 120 valence electrons. The minimum Gasteiger partial charge on any atom is -0.325 e. The molecule has 7 heteroatoms. The van der Waals surface area contributed by atoms with Crippen LogP contribution in [0.1, 0.15) is 17.3 Å². The molecule has 23 heavy (non-hydrogen) atoms.